The summed E-state index contributed by atoms with van der Waals surface area (Å²) < 4.78 is 5.24. The summed E-state index contributed by atoms with van der Waals surface area (Å²) in [6, 6.07) is 3.73. The fourth-order valence-corrected chi connectivity index (χ4v) is 0.871. The lowest BCUT2D eigenvalue weighted by Crippen LogP contribution is -2.15. The number of aryl methyl sites for hydroxylation is 1. The lowest BCUT2D eigenvalue weighted by molar-refractivity contribution is -0.118. The number of hydrogen-bond donors (Lipinski definition) is 1. The summed E-state index contributed by atoms with van der Waals surface area (Å²) in [5.41, 5.74) is 5.91. The van der Waals surface area contributed by atoms with Crippen molar-refractivity contribution in [1.29, 1.82) is 0 Å². The van der Waals surface area contributed by atoms with Gasteiger partial charge in [0.05, 0.1) is 13.0 Å². The topological polar surface area (TPSA) is 65.2 Å². The van der Waals surface area contributed by atoms with Crippen LogP contribution in [0.3, 0.4) is 0 Å². The van der Waals surface area contributed by atoms with Crippen LogP contribution in [-0.4, -0.2) is 17.5 Å². The highest BCUT2D eigenvalue weighted by Gasteiger charge is 2.00. The van der Waals surface area contributed by atoms with E-state index < -0.39 is 0 Å². The van der Waals surface area contributed by atoms with Gasteiger partial charge in [0.15, 0.2) is 0 Å². The molecule has 1 aromatic heterocycles. The van der Waals surface area contributed by atoms with E-state index in [2.05, 4.69) is 4.98 Å². The van der Waals surface area contributed by atoms with Crippen LogP contribution >= 0.6 is 0 Å². The molecule has 0 fully saturated rings. The first-order valence-corrected chi connectivity index (χ1v) is 4.03. The van der Waals surface area contributed by atoms with Gasteiger partial charge in [0.25, 0.3) is 0 Å². The molecule has 2 N–H and O–H groups in total. The molecule has 1 aromatic rings. The highest BCUT2D eigenvalue weighted by atomic mass is 16.5. The van der Waals surface area contributed by atoms with E-state index >= 15 is 0 Å². The number of aromatic nitrogens is 1. The Balaban J connectivity index is 2.45. The number of rotatable bonds is 4. The lowest BCUT2D eigenvalue weighted by atomic mass is 10.3. The van der Waals surface area contributed by atoms with Crippen LogP contribution < -0.4 is 10.5 Å². The predicted molar refractivity (Wildman–Crippen MR) is 48.3 cm³/mol. The Labute approximate surface area is 76.7 Å². The number of pyridine rings is 1. The maximum Gasteiger partial charge on any atom is 0.220 e. The first kappa shape index (κ1) is 9.51. The summed E-state index contributed by atoms with van der Waals surface area (Å²) in [5, 5.41) is 0. The number of nitrogens with two attached hydrogens (primary N) is 1. The zero-order valence-corrected chi connectivity index (χ0v) is 7.49. The third kappa shape index (κ3) is 3.11. The standard InChI is InChI=1S/C9H12N2O2/c1-7-3-2-5-11-9(7)13-6-4-8(10)12/h2-3,5H,4,6H2,1H3,(H2,10,12). The molecule has 13 heavy (non-hydrogen) atoms. The second-order valence-electron chi connectivity index (χ2n) is 2.69. The molecule has 4 nitrogen and oxygen atoms in total. The fraction of sp³-hybridized carbons (Fsp3) is 0.333. The Morgan fingerprint density at radius 3 is 3.08 bits per heavy atom. The van der Waals surface area contributed by atoms with E-state index in [4.69, 9.17) is 10.5 Å². The van der Waals surface area contributed by atoms with Crippen molar-refractivity contribution < 1.29 is 9.53 Å². The minimum absolute atomic E-state index is 0.218. The first-order chi connectivity index (χ1) is 6.20. The number of ether oxygens (including phenoxy) is 1. The monoisotopic (exact) mass is 180 g/mol. The van der Waals surface area contributed by atoms with E-state index in [0.717, 1.165) is 5.56 Å². The Bertz CT molecular complexity index is 299. The van der Waals surface area contributed by atoms with Gasteiger partial charge in [0, 0.05) is 11.8 Å². The van der Waals surface area contributed by atoms with Gasteiger partial charge in [0.2, 0.25) is 11.8 Å². The molecular formula is C9H12N2O2. The van der Waals surface area contributed by atoms with Crippen LogP contribution in [0.5, 0.6) is 5.88 Å². The Hall–Kier alpha value is -1.58. The van der Waals surface area contributed by atoms with Gasteiger partial charge in [-0.3, -0.25) is 4.79 Å². The highest BCUT2D eigenvalue weighted by molar-refractivity contribution is 5.73. The fourth-order valence-electron chi connectivity index (χ4n) is 0.871. The molecule has 0 aromatic carbocycles. The van der Waals surface area contributed by atoms with E-state index in [1.165, 1.54) is 0 Å². The van der Waals surface area contributed by atoms with E-state index in [0.29, 0.717) is 5.88 Å². The molecule has 0 unspecified atom stereocenters. The zero-order valence-electron chi connectivity index (χ0n) is 7.49. The van der Waals surface area contributed by atoms with Crippen LogP contribution in [0.15, 0.2) is 18.3 Å². The number of nitrogens with zero attached hydrogens (tertiary/aromatic N) is 1. The Kier molecular flexibility index (Phi) is 3.25. The van der Waals surface area contributed by atoms with Crippen LogP contribution in [0.4, 0.5) is 0 Å². The molecule has 4 heteroatoms. The molecule has 0 aliphatic carbocycles. The van der Waals surface area contributed by atoms with Crippen molar-refractivity contribution in [2.24, 2.45) is 5.73 Å². The minimum Gasteiger partial charge on any atom is -0.477 e. The molecule has 0 bridgehead atoms. The van der Waals surface area contributed by atoms with E-state index in [9.17, 15) is 4.79 Å². The molecule has 0 aliphatic heterocycles. The third-order valence-corrected chi connectivity index (χ3v) is 1.55. The van der Waals surface area contributed by atoms with Crippen LogP contribution in [-0.2, 0) is 4.79 Å². The predicted octanol–water partition coefficient (Wildman–Crippen LogP) is 0.644. The van der Waals surface area contributed by atoms with Crippen molar-refractivity contribution in [2.45, 2.75) is 13.3 Å². The molecule has 0 saturated heterocycles. The first-order valence-electron chi connectivity index (χ1n) is 4.03. The van der Waals surface area contributed by atoms with E-state index in [1.54, 1.807) is 6.20 Å². The maximum atomic E-state index is 10.4. The van der Waals surface area contributed by atoms with Crippen molar-refractivity contribution in [2.75, 3.05) is 6.61 Å². The Morgan fingerprint density at radius 2 is 2.46 bits per heavy atom. The third-order valence-electron chi connectivity index (χ3n) is 1.55. The number of carbonyl (C=O) groups excluding carboxylic acids is 1. The quantitative estimate of drug-likeness (QED) is 0.739. The number of hydrogen-bond acceptors (Lipinski definition) is 3. The molecule has 0 spiro atoms. The molecule has 0 radical (unpaired) electrons. The maximum absolute atomic E-state index is 10.4. The van der Waals surface area contributed by atoms with Crippen LogP contribution in [0.25, 0.3) is 0 Å². The van der Waals surface area contributed by atoms with Gasteiger partial charge in [-0.2, -0.15) is 0 Å². The van der Waals surface area contributed by atoms with Crippen molar-refractivity contribution in [3.63, 3.8) is 0 Å². The number of carbonyl (C=O) groups is 1. The van der Waals surface area contributed by atoms with E-state index in [1.807, 2.05) is 19.1 Å². The summed E-state index contributed by atoms with van der Waals surface area (Å²) in [6.07, 6.45) is 1.86. The second-order valence-corrected chi connectivity index (χ2v) is 2.69. The van der Waals surface area contributed by atoms with Gasteiger partial charge in [-0.15, -0.1) is 0 Å². The molecular weight excluding hydrogens is 168 g/mol. The van der Waals surface area contributed by atoms with E-state index in [-0.39, 0.29) is 18.9 Å². The molecule has 70 valence electrons. The summed E-state index contributed by atoms with van der Waals surface area (Å²) >= 11 is 0. The average molecular weight is 180 g/mol. The molecule has 1 heterocycles. The molecule has 0 atom stereocenters. The number of amides is 1. The van der Waals surface area contributed by atoms with Crippen LogP contribution in [0, 0.1) is 6.92 Å². The van der Waals surface area contributed by atoms with Gasteiger partial charge in [0.1, 0.15) is 0 Å². The summed E-state index contributed by atoms with van der Waals surface area (Å²) in [5.74, 6) is 0.192. The molecule has 0 saturated carbocycles. The van der Waals surface area contributed by atoms with Crippen molar-refractivity contribution in [3.8, 4) is 5.88 Å². The summed E-state index contributed by atoms with van der Waals surface area (Å²) in [7, 11) is 0. The minimum atomic E-state index is -0.367. The normalized spacial score (nSPS) is 9.62. The average Bonchev–Trinajstić information content (AvgIpc) is 2.08. The van der Waals surface area contributed by atoms with Gasteiger partial charge >= 0.3 is 0 Å². The largest absolute Gasteiger partial charge is 0.477 e. The van der Waals surface area contributed by atoms with Crippen molar-refractivity contribution >= 4 is 5.91 Å². The zero-order chi connectivity index (χ0) is 9.68. The highest BCUT2D eigenvalue weighted by Crippen LogP contribution is 2.11. The summed E-state index contributed by atoms with van der Waals surface area (Å²) in [4.78, 5) is 14.4. The summed E-state index contributed by atoms with van der Waals surface area (Å²) in [6.45, 7) is 2.18. The molecule has 1 amide bonds. The SMILES string of the molecule is Cc1cccnc1OCCC(N)=O. The number of primary amides is 1. The van der Waals surface area contributed by atoms with Gasteiger partial charge in [-0.25, -0.2) is 4.98 Å². The van der Waals surface area contributed by atoms with Gasteiger partial charge in [-0.1, -0.05) is 6.07 Å². The smallest absolute Gasteiger partial charge is 0.220 e. The molecule has 0 aliphatic rings. The molecule has 1 rings (SSSR count). The second kappa shape index (κ2) is 4.45. The van der Waals surface area contributed by atoms with Gasteiger partial charge < -0.3 is 10.5 Å². The van der Waals surface area contributed by atoms with Crippen LogP contribution in [0.1, 0.15) is 12.0 Å². The Morgan fingerprint density at radius 1 is 1.69 bits per heavy atom. The van der Waals surface area contributed by atoms with Crippen LogP contribution in [0.2, 0.25) is 0 Å². The lowest BCUT2D eigenvalue weighted by Gasteiger charge is -2.05. The van der Waals surface area contributed by atoms with Crippen molar-refractivity contribution in [3.05, 3.63) is 23.9 Å². The van der Waals surface area contributed by atoms with Gasteiger partial charge in [-0.05, 0) is 13.0 Å². The van der Waals surface area contributed by atoms with Crippen molar-refractivity contribution in [1.82, 2.24) is 4.98 Å².